The highest BCUT2D eigenvalue weighted by molar-refractivity contribution is 5.92. The number of para-hydroxylation sites is 1. The zero-order chi connectivity index (χ0) is 24.1. The molecule has 1 aromatic heterocycles. The van der Waals surface area contributed by atoms with E-state index >= 15 is 0 Å². The minimum absolute atomic E-state index is 0.0533. The zero-order valence-corrected chi connectivity index (χ0v) is 19.2. The van der Waals surface area contributed by atoms with E-state index in [1.807, 2.05) is 24.3 Å². The van der Waals surface area contributed by atoms with Gasteiger partial charge in [0.2, 0.25) is 11.2 Å². The maximum Gasteiger partial charge on any atom is 0.262 e. The molecule has 0 bridgehead atoms. The van der Waals surface area contributed by atoms with Gasteiger partial charge in [-0.05, 0) is 54.4 Å². The van der Waals surface area contributed by atoms with Crippen molar-refractivity contribution in [3.63, 3.8) is 0 Å². The van der Waals surface area contributed by atoms with Gasteiger partial charge < -0.3 is 23.9 Å². The molecule has 0 unspecified atom stereocenters. The summed E-state index contributed by atoms with van der Waals surface area (Å²) in [6.07, 6.45) is 0.911. The quantitative estimate of drug-likeness (QED) is 0.396. The lowest BCUT2D eigenvalue weighted by Crippen LogP contribution is -2.22. The van der Waals surface area contributed by atoms with Crippen LogP contribution in [0.3, 0.4) is 0 Å². The zero-order valence-electron chi connectivity index (χ0n) is 19.2. The molecule has 4 rings (SSSR count). The summed E-state index contributed by atoms with van der Waals surface area (Å²) >= 11 is 0. The van der Waals surface area contributed by atoms with Gasteiger partial charge in [0.25, 0.3) is 5.91 Å². The number of benzene rings is 3. The molecule has 0 atom stereocenters. The number of fused-ring (bicyclic) bond motifs is 1. The normalized spacial score (nSPS) is 10.7. The fourth-order valence-electron chi connectivity index (χ4n) is 3.58. The number of hydrogen-bond donors (Lipinski definition) is 1. The van der Waals surface area contributed by atoms with Gasteiger partial charge in [-0.2, -0.15) is 0 Å². The third-order valence-corrected chi connectivity index (χ3v) is 5.40. The smallest absolute Gasteiger partial charge is 0.262 e. The Morgan fingerprint density at radius 2 is 1.68 bits per heavy atom. The highest BCUT2D eigenvalue weighted by atomic mass is 16.5. The lowest BCUT2D eigenvalue weighted by molar-refractivity contribution is -0.118. The van der Waals surface area contributed by atoms with Crippen LogP contribution in [0.4, 0.5) is 5.69 Å². The van der Waals surface area contributed by atoms with E-state index < -0.39 is 5.91 Å². The van der Waals surface area contributed by atoms with E-state index in [0.29, 0.717) is 33.7 Å². The first kappa shape index (κ1) is 22.9. The number of ether oxygens (including phenoxy) is 3. The Labute approximate surface area is 196 Å². The van der Waals surface area contributed by atoms with Crippen LogP contribution in [0.15, 0.2) is 75.9 Å². The Morgan fingerprint density at radius 1 is 0.941 bits per heavy atom. The van der Waals surface area contributed by atoms with Crippen LogP contribution in [0.5, 0.6) is 17.2 Å². The lowest BCUT2D eigenvalue weighted by atomic mass is 10.1. The van der Waals surface area contributed by atoms with Crippen molar-refractivity contribution in [3.05, 3.63) is 82.5 Å². The molecular weight excluding hydrogens is 434 g/mol. The second-order valence-corrected chi connectivity index (χ2v) is 7.54. The molecule has 0 aliphatic rings. The fourth-order valence-corrected chi connectivity index (χ4v) is 3.58. The number of aryl methyl sites for hydroxylation is 1. The van der Waals surface area contributed by atoms with Gasteiger partial charge in [0.1, 0.15) is 5.58 Å². The predicted octanol–water partition coefficient (Wildman–Crippen LogP) is 5.06. The second kappa shape index (κ2) is 10.1. The van der Waals surface area contributed by atoms with Crippen LogP contribution < -0.4 is 25.0 Å². The van der Waals surface area contributed by atoms with Gasteiger partial charge in [0.15, 0.2) is 23.9 Å². The molecule has 1 heterocycles. The van der Waals surface area contributed by atoms with E-state index in [1.54, 1.807) is 42.5 Å². The molecule has 1 N–H and O–H groups in total. The van der Waals surface area contributed by atoms with Gasteiger partial charge in [-0.3, -0.25) is 9.59 Å². The highest BCUT2D eigenvalue weighted by Gasteiger charge is 2.20. The maximum atomic E-state index is 13.3. The van der Waals surface area contributed by atoms with Gasteiger partial charge in [-0.25, -0.2) is 0 Å². The van der Waals surface area contributed by atoms with Crippen LogP contribution in [0, 0.1) is 0 Å². The second-order valence-electron chi connectivity index (χ2n) is 7.54. The molecule has 4 aromatic rings. The van der Waals surface area contributed by atoms with Crippen molar-refractivity contribution in [2.45, 2.75) is 13.3 Å². The summed E-state index contributed by atoms with van der Waals surface area (Å²) in [7, 11) is 3.06. The maximum absolute atomic E-state index is 13.3. The van der Waals surface area contributed by atoms with Gasteiger partial charge in [-0.1, -0.05) is 31.2 Å². The van der Waals surface area contributed by atoms with Crippen molar-refractivity contribution < 1.29 is 23.4 Å². The van der Waals surface area contributed by atoms with E-state index in [9.17, 15) is 9.59 Å². The molecule has 174 valence electrons. The number of carbonyl (C=O) groups excluding carboxylic acids is 1. The van der Waals surface area contributed by atoms with E-state index in [1.165, 1.54) is 19.8 Å². The Balaban J connectivity index is 1.67. The van der Waals surface area contributed by atoms with Crippen LogP contribution in [0.2, 0.25) is 0 Å². The first-order valence-electron chi connectivity index (χ1n) is 10.8. The Bertz CT molecular complexity index is 1370. The minimum Gasteiger partial charge on any atom is -0.493 e. The van der Waals surface area contributed by atoms with Crippen molar-refractivity contribution >= 4 is 22.6 Å². The standard InChI is InChI=1S/C27H25NO6/c1-4-17-9-12-19(13-10-17)28-24(29)16-33-27-25(30)20-7-5-6-8-21(20)34-26(27)18-11-14-22(31-2)23(15-18)32-3/h5-15H,4,16H2,1-3H3,(H,28,29). The SMILES string of the molecule is CCc1ccc(NC(=O)COc2c(-c3ccc(OC)c(OC)c3)oc3ccccc3c2=O)cc1. The lowest BCUT2D eigenvalue weighted by Gasteiger charge is -2.13. The fraction of sp³-hybridized carbons (Fsp3) is 0.185. The van der Waals surface area contributed by atoms with Crippen LogP contribution in [-0.4, -0.2) is 26.7 Å². The third-order valence-electron chi connectivity index (χ3n) is 5.40. The summed E-state index contributed by atoms with van der Waals surface area (Å²) in [5, 5.41) is 3.14. The monoisotopic (exact) mass is 459 g/mol. The number of rotatable bonds is 8. The average molecular weight is 459 g/mol. The van der Waals surface area contributed by atoms with Gasteiger partial charge in [-0.15, -0.1) is 0 Å². The molecule has 0 spiro atoms. The molecule has 7 heteroatoms. The number of amides is 1. The van der Waals surface area contributed by atoms with E-state index in [4.69, 9.17) is 18.6 Å². The van der Waals surface area contributed by atoms with Crippen molar-refractivity contribution in [3.8, 4) is 28.6 Å². The summed E-state index contributed by atoms with van der Waals surface area (Å²) in [5.41, 5.74) is 2.40. The summed E-state index contributed by atoms with van der Waals surface area (Å²) in [6, 6.07) is 19.6. The molecule has 3 aromatic carbocycles. The summed E-state index contributed by atoms with van der Waals surface area (Å²) in [5.74, 6) is 0.752. The molecule has 0 saturated carbocycles. The van der Waals surface area contributed by atoms with E-state index in [2.05, 4.69) is 12.2 Å². The van der Waals surface area contributed by atoms with Crippen LogP contribution in [0.25, 0.3) is 22.3 Å². The summed E-state index contributed by atoms with van der Waals surface area (Å²) in [4.78, 5) is 25.8. The topological polar surface area (TPSA) is 87.0 Å². The number of nitrogens with one attached hydrogen (secondary N) is 1. The molecule has 0 aliphatic heterocycles. The molecular formula is C27H25NO6. The summed E-state index contributed by atoms with van der Waals surface area (Å²) in [6.45, 7) is 1.70. The highest BCUT2D eigenvalue weighted by Crippen LogP contribution is 2.36. The van der Waals surface area contributed by atoms with Crippen molar-refractivity contribution in [2.75, 3.05) is 26.1 Å². The molecule has 0 fully saturated rings. The van der Waals surface area contributed by atoms with Crippen molar-refractivity contribution in [1.29, 1.82) is 0 Å². The number of carbonyl (C=O) groups is 1. The number of anilines is 1. The first-order chi connectivity index (χ1) is 16.5. The molecule has 0 radical (unpaired) electrons. The Morgan fingerprint density at radius 3 is 2.38 bits per heavy atom. The van der Waals surface area contributed by atoms with Gasteiger partial charge >= 0.3 is 0 Å². The Hall–Kier alpha value is -4.26. The molecule has 1 amide bonds. The predicted molar refractivity (Wildman–Crippen MR) is 131 cm³/mol. The molecule has 34 heavy (non-hydrogen) atoms. The van der Waals surface area contributed by atoms with E-state index in [-0.39, 0.29) is 23.5 Å². The molecule has 7 nitrogen and oxygen atoms in total. The molecule has 0 saturated heterocycles. The number of hydrogen-bond acceptors (Lipinski definition) is 6. The van der Waals surface area contributed by atoms with Crippen LogP contribution in [-0.2, 0) is 11.2 Å². The number of methoxy groups -OCH3 is 2. The van der Waals surface area contributed by atoms with Crippen molar-refractivity contribution in [1.82, 2.24) is 0 Å². The van der Waals surface area contributed by atoms with Crippen LogP contribution >= 0.6 is 0 Å². The largest absolute Gasteiger partial charge is 0.493 e. The molecule has 0 aliphatic carbocycles. The summed E-state index contributed by atoms with van der Waals surface area (Å²) < 4.78 is 22.5. The average Bonchev–Trinajstić information content (AvgIpc) is 2.88. The minimum atomic E-state index is -0.393. The van der Waals surface area contributed by atoms with Crippen LogP contribution in [0.1, 0.15) is 12.5 Å². The Kier molecular flexibility index (Phi) is 6.82. The first-order valence-corrected chi connectivity index (χ1v) is 10.8. The van der Waals surface area contributed by atoms with Gasteiger partial charge in [0, 0.05) is 11.3 Å². The van der Waals surface area contributed by atoms with Gasteiger partial charge in [0.05, 0.1) is 19.6 Å². The van der Waals surface area contributed by atoms with Crippen molar-refractivity contribution in [2.24, 2.45) is 0 Å². The third kappa shape index (κ3) is 4.73. The van der Waals surface area contributed by atoms with E-state index in [0.717, 1.165) is 6.42 Å².